The van der Waals surface area contributed by atoms with Crippen LogP contribution < -0.4 is 4.90 Å². The number of benzene rings is 3. The van der Waals surface area contributed by atoms with Gasteiger partial charge in [0.05, 0.1) is 17.5 Å². The largest absolute Gasteiger partial charge is 0.367 e. The molecule has 0 aromatic heterocycles. The molecule has 0 spiro atoms. The Hall–Kier alpha value is -3.11. The molecule has 0 aliphatic rings. The number of nitrogens with zero attached hydrogens (tertiary/aromatic N) is 2. The average Bonchev–Trinajstić information content (AvgIpc) is 2.70. The van der Waals surface area contributed by atoms with Gasteiger partial charge in [0.15, 0.2) is 0 Å². The molecule has 144 valence electrons. The minimum absolute atomic E-state index is 0.114. The van der Waals surface area contributed by atoms with Gasteiger partial charge in [-0.3, -0.25) is 0 Å². The molecule has 0 aliphatic heterocycles. The molecule has 0 radical (unpaired) electrons. The molecule has 0 saturated heterocycles. The van der Waals surface area contributed by atoms with E-state index in [2.05, 4.69) is 40.4 Å². The zero-order chi connectivity index (χ0) is 19.8. The molecule has 0 fully saturated rings. The molecule has 0 amide bonds. The van der Waals surface area contributed by atoms with Gasteiger partial charge in [-0.1, -0.05) is 59.8 Å². The first-order chi connectivity index (χ1) is 13.5. The number of rotatable bonds is 7. The molecule has 0 unspecified atom stereocenters. The lowest BCUT2D eigenvalue weighted by Gasteiger charge is -2.26. The van der Waals surface area contributed by atoms with Crippen molar-refractivity contribution in [3.05, 3.63) is 90.5 Å². The highest BCUT2D eigenvalue weighted by atomic mass is 16.7. The van der Waals surface area contributed by atoms with Crippen molar-refractivity contribution in [1.82, 2.24) is 0 Å². The first-order valence-electron chi connectivity index (χ1n) is 9.33. The summed E-state index contributed by atoms with van der Waals surface area (Å²) < 4.78 is 5.54. The van der Waals surface area contributed by atoms with E-state index in [0.29, 0.717) is 0 Å². The lowest BCUT2D eigenvalue weighted by Crippen LogP contribution is -2.20. The smallest absolute Gasteiger partial charge is 0.217 e. The van der Waals surface area contributed by atoms with E-state index in [0.717, 1.165) is 22.6 Å². The predicted octanol–water partition coefficient (Wildman–Crippen LogP) is 6.28. The molecule has 0 atom stereocenters. The monoisotopic (exact) mass is 374 g/mol. The molecule has 0 bridgehead atoms. The number of para-hydroxylation sites is 3. The number of hydrogen-bond donors (Lipinski definition) is 0. The number of oxime groups is 1. The first kappa shape index (κ1) is 19.6. The predicted molar refractivity (Wildman–Crippen MR) is 116 cm³/mol. The Balaban J connectivity index is 1.90. The van der Waals surface area contributed by atoms with Crippen LogP contribution in [0.5, 0.6) is 0 Å². The minimum Gasteiger partial charge on any atom is -0.367 e. The maximum absolute atomic E-state index is 5.54. The van der Waals surface area contributed by atoms with Crippen LogP contribution in [0.2, 0.25) is 0 Å². The Morgan fingerprint density at radius 3 is 1.89 bits per heavy atom. The maximum Gasteiger partial charge on any atom is 0.217 e. The molecular formula is C24H26N2O2. The third-order valence-electron chi connectivity index (χ3n) is 4.02. The van der Waals surface area contributed by atoms with Crippen molar-refractivity contribution in [2.45, 2.75) is 26.4 Å². The van der Waals surface area contributed by atoms with Crippen LogP contribution in [0.15, 0.2) is 90.1 Å². The summed E-state index contributed by atoms with van der Waals surface area (Å²) in [6.07, 6.45) is 1.72. The fourth-order valence-corrected chi connectivity index (χ4v) is 2.71. The summed E-state index contributed by atoms with van der Waals surface area (Å²) in [7, 11) is 0. The molecule has 0 saturated carbocycles. The van der Waals surface area contributed by atoms with Crippen molar-refractivity contribution >= 4 is 23.3 Å². The van der Waals surface area contributed by atoms with Crippen LogP contribution in [0.1, 0.15) is 26.3 Å². The van der Waals surface area contributed by atoms with E-state index in [-0.39, 0.29) is 12.4 Å². The SMILES string of the molecule is CC(C)(C)OCO/N=C/c1ccccc1N(c1ccccc1)c1ccccc1. The molecule has 0 N–H and O–H groups in total. The van der Waals surface area contributed by atoms with Gasteiger partial charge >= 0.3 is 0 Å². The Morgan fingerprint density at radius 2 is 1.32 bits per heavy atom. The van der Waals surface area contributed by atoms with E-state index in [4.69, 9.17) is 9.57 Å². The lowest BCUT2D eigenvalue weighted by molar-refractivity contribution is -0.119. The van der Waals surface area contributed by atoms with Gasteiger partial charge in [-0.15, -0.1) is 0 Å². The Labute approximate surface area is 167 Å². The Morgan fingerprint density at radius 1 is 0.786 bits per heavy atom. The van der Waals surface area contributed by atoms with Gasteiger partial charge in [0.1, 0.15) is 0 Å². The summed E-state index contributed by atoms with van der Waals surface area (Å²) in [5.41, 5.74) is 3.86. The van der Waals surface area contributed by atoms with E-state index in [1.165, 1.54) is 0 Å². The van der Waals surface area contributed by atoms with Crippen LogP contribution >= 0.6 is 0 Å². The summed E-state index contributed by atoms with van der Waals surface area (Å²) in [6, 6.07) is 28.7. The molecule has 3 rings (SSSR count). The van der Waals surface area contributed by atoms with Crippen molar-refractivity contribution in [3.63, 3.8) is 0 Å². The molecule has 3 aromatic carbocycles. The van der Waals surface area contributed by atoms with E-state index >= 15 is 0 Å². The van der Waals surface area contributed by atoms with Gasteiger partial charge in [0.25, 0.3) is 0 Å². The highest BCUT2D eigenvalue weighted by molar-refractivity contribution is 5.92. The Kier molecular flexibility index (Phi) is 6.45. The van der Waals surface area contributed by atoms with Crippen molar-refractivity contribution < 1.29 is 9.57 Å². The molecule has 4 heteroatoms. The summed E-state index contributed by atoms with van der Waals surface area (Å²) in [6.45, 7) is 6.05. The molecule has 28 heavy (non-hydrogen) atoms. The second kappa shape index (κ2) is 9.20. The molecule has 0 heterocycles. The number of hydrogen-bond acceptors (Lipinski definition) is 4. The standard InChI is InChI=1S/C24H26N2O2/c1-24(2,3)27-19-28-25-18-20-12-10-11-17-23(20)26(21-13-6-4-7-14-21)22-15-8-5-9-16-22/h4-18H,19H2,1-3H3/b25-18+. The van der Waals surface area contributed by atoms with Crippen LogP contribution in [-0.4, -0.2) is 18.6 Å². The molecular weight excluding hydrogens is 348 g/mol. The van der Waals surface area contributed by atoms with Gasteiger partial charge in [-0.05, 0) is 51.1 Å². The summed E-state index contributed by atoms with van der Waals surface area (Å²) in [5, 5.41) is 4.10. The van der Waals surface area contributed by atoms with Gasteiger partial charge in [0, 0.05) is 16.9 Å². The first-order valence-corrected chi connectivity index (χ1v) is 9.33. The van der Waals surface area contributed by atoms with Crippen molar-refractivity contribution in [3.8, 4) is 0 Å². The molecule has 0 aliphatic carbocycles. The summed E-state index contributed by atoms with van der Waals surface area (Å²) >= 11 is 0. The maximum atomic E-state index is 5.54. The third kappa shape index (κ3) is 5.44. The zero-order valence-corrected chi connectivity index (χ0v) is 16.6. The normalized spacial score (nSPS) is 11.5. The quantitative estimate of drug-likeness (QED) is 0.211. The lowest BCUT2D eigenvalue weighted by atomic mass is 10.1. The van der Waals surface area contributed by atoms with Crippen molar-refractivity contribution in [2.24, 2.45) is 5.16 Å². The Bertz CT molecular complexity index is 848. The van der Waals surface area contributed by atoms with Crippen LogP contribution in [0.4, 0.5) is 17.1 Å². The van der Waals surface area contributed by atoms with Crippen molar-refractivity contribution in [2.75, 3.05) is 11.7 Å². The second-order valence-electron chi connectivity index (χ2n) is 7.30. The van der Waals surface area contributed by atoms with Gasteiger partial charge in [-0.2, -0.15) is 0 Å². The minimum atomic E-state index is -0.259. The van der Waals surface area contributed by atoms with E-state index in [1.807, 2.05) is 75.4 Å². The van der Waals surface area contributed by atoms with E-state index < -0.39 is 0 Å². The fraction of sp³-hybridized carbons (Fsp3) is 0.208. The van der Waals surface area contributed by atoms with E-state index in [9.17, 15) is 0 Å². The van der Waals surface area contributed by atoms with Gasteiger partial charge in [0.2, 0.25) is 6.79 Å². The number of anilines is 3. The average molecular weight is 374 g/mol. The topological polar surface area (TPSA) is 34.1 Å². The van der Waals surface area contributed by atoms with Gasteiger partial charge < -0.3 is 14.5 Å². The molecule has 3 aromatic rings. The molecule has 4 nitrogen and oxygen atoms in total. The third-order valence-corrected chi connectivity index (χ3v) is 4.02. The van der Waals surface area contributed by atoms with Gasteiger partial charge in [-0.25, -0.2) is 0 Å². The van der Waals surface area contributed by atoms with Crippen LogP contribution in [0.3, 0.4) is 0 Å². The van der Waals surface area contributed by atoms with Crippen LogP contribution in [0.25, 0.3) is 0 Å². The van der Waals surface area contributed by atoms with E-state index in [1.54, 1.807) is 6.21 Å². The highest BCUT2D eigenvalue weighted by Crippen LogP contribution is 2.35. The van der Waals surface area contributed by atoms with Crippen LogP contribution in [-0.2, 0) is 9.57 Å². The zero-order valence-electron chi connectivity index (χ0n) is 16.6. The second-order valence-corrected chi connectivity index (χ2v) is 7.30. The summed E-state index contributed by atoms with van der Waals surface area (Å²) in [4.78, 5) is 7.49. The summed E-state index contributed by atoms with van der Waals surface area (Å²) in [5.74, 6) is 0. The van der Waals surface area contributed by atoms with Crippen LogP contribution in [0, 0.1) is 0 Å². The fourth-order valence-electron chi connectivity index (χ4n) is 2.71. The highest BCUT2D eigenvalue weighted by Gasteiger charge is 2.14. The number of ether oxygens (including phenoxy) is 1. The van der Waals surface area contributed by atoms with Crippen molar-refractivity contribution in [1.29, 1.82) is 0 Å².